The van der Waals surface area contributed by atoms with Gasteiger partial charge in [-0.1, -0.05) is 0 Å². The van der Waals surface area contributed by atoms with E-state index in [1.54, 1.807) is 10.7 Å². The fourth-order valence-electron chi connectivity index (χ4n) is 3.51. The Labute approximate surface area is 161 Å². The van der Waals surface area contributed by atoms with Gasteiger partial charge in [-0.2, -0.15) is 13.9 Å². The number of aromatic nitrogens is 4. The fraction of sp³-hybridized carbons (Fsp3) is 0.389. The van der Waals surface area contributed by atoms with Gasteiger partial charge in [0.2, 0.25) is 10.0 Å². The Bertz CT molecular complexity index is 1120. The first kappa shape index (κ1) is 17.5. The molecule has 2 fully saturated rings. The van der Waals surface area contributed by atoms with Crippen LogP contribution in [0.3, 0.4) is 0 Å². The molecule has 2 aliphatic rings. The molecule has 0 N–H and O–H groups in total. The summed E-state index contributed by atoms with van der Waals surface area (Å²) in [4.78, 5) is 2.20. The molecule has 0 amide bonds. The van der Waals surface area contributed by atoms with E-state index in [9.17, 15) is 12.8 Å². The quantitative estimate of drug-likeness (QED) is 0.660. The van der Waals surface area contributed by atoms with Crippen molar-refractivity contribution in [3.63, 3.8) is 0 Å². The van der Waals surface area contributed by atoms with Crippen LogP contribution in [-0.4, -0.2) is 58.7 Å². The van der Waals surface area contributed by atoms with Crippen molar-refractivity contribution < 1.29 is 12.8 Å². The first-order valence-electron chi connectivity index (χ1n) is 9.24. The van der Waals surface area contributed by atoms with Crippen molar-refractivity contribution in [2.45, 2.75) is 23.7 Å². The first-order valence-corrected chi connectivity index (χ1v) is 10.7. The highest BCUT2D eigenvalue weighted by molar-refractivity contribution is 7.89. The summed E-state index contributed by atoms with van der Waals surface area (Å²) >= 11 is 0. The Morgan fingerprint density at radius 3 is 2.39 bits per heavy atom. The maximum atomic E-state index is 13.1. The van der Waals surface area contributed by atoms with Crippen molar-refractivity contribution in [1.82, 2.24) is 24.1 Å². The number of hydrogen-bond donors (Lipinski definition) is 0. The molecule has 1 saturated heterocycles. The molecule has 1 aliphatic carbocycles. The molecule has 0 bridgehead atoms. The lowest BCUT2D eigenvalue weighted by Crippen LogP contribution is -2.48. The molecule has 10 heteroatoms. The molecule has 8 nitrogen and oxygen atoms in total. The fourth-order valence-corrected chi connectivity index (χ4v) is 4.93. The average molecular weight is 402 g/mol. The number of piperazine rings is 1. The smallest absolute Gasteiger partial charge is 0.243 e. The number of halogens is 1. The third kappa shape index (κ3) is 3.02. The van der Waals surface area contributed by atoms with E-state index in [-0.39, 0.29) is 4.90 Å². The number of benzene rings is 1. The Morgan fingerprint density at radius 2 is 1.71 bits per heavy atom. The molecule has 0 unspecified atom stereocenters. The molecule has 0 atom stereocenters. The minimum atomic E-state index is -3.62. The highest BCUT2D eigenvalue weighted by atomic mass is 32.2. The number of sulfonamides is 1. The summed E-state index contributed by atoms with van der Waals surface area (Å²) in [6.45, 7) is 1.79. The van der Waals surface area contributed by atoms with Crippen LogP contribution in [0.4, 0.5) is 10.1 Å². The van der Waals surface area contributed by atoms with E-state index in [0.29, 0.717) is 37.7 Å². The Balaban J connectivity index is 1.31. The molecule has 1 saturated carbocycles. The number of anilines is 1. The molecule has 1 aromatic carbocycles. The maximum Gasteiger partial charge on any atom is 0.243 e. The van der Waals surface area contributed by atoms with Crippen LogP contribution >= 0.6 is 0 Å². The third-order valence-corrected chi connectivity index (χ3v) is 7.18. The van der Waals surface area contributed by atoms with E-state index in [1.807, 2.05) is 6.07 Å². The SMILES string of the molecule is O=S(=O)(c1ccc(F)cc1)N1CCN(c2cnn3c(C4CC4)nnc3c2)CC1. The van der Waals surface area contributed by atoms with Gasteiger partial charge in [0.05, 0.1) is 16.8 Å². The predicted molar refractivity (Wildman–Crippen MR) is 100 cm³/mol. The summed E-state index contributed by atoms with van der Waals surface area (Å²) in [5.74, 6) is 0.926. The molecule has 28 heavy (non-hydrogen) atoms. The van der Waals surface area contributed by atoms with Gasteiger partial charge in [0.25, 0.3) is 0 Å². The maximum absolute atomic E-state index is 13.1. The Morgan fingerprint density at radius 1 is 1.00 bits per heavy atom. The van der Waals surface area contributed by atoms with E-state index in [0.717, 1.165) is 24.4 Å². The molecule has 0 spiro atoms. The van der Waals surface area contributed by atoms with Crippen LogP contribution in [0, 0.1) is 5.82 Å². The summed E-state index contributed by atoms with van der Waals surface area (Å²) in [6.07, 6.45) is 4.05. The van der Waals surface area contributed by atoms with Crippen LogP contribution in [-0.2, 0) is 10.0 Å². The van der Waals surface area contributed by atoms with Crippen LogP contribution in [0.5, 0.6) is 0 Å². The number of rotatable bonds is 4. The second-order valence-corrected chi connectivity index (χ2v) is 9.10. The number of hydrogen-bond acceptors (Lipinski definition) is 6. The normalized spacial score (nSPS) is 18.7. The highest BCUT2D eigenvalue weighted by Gasteiger charge is 2.31. The van der Waals surface area contributed by atoms with E-state index in [2.05, 4.69) is 20.2 Å². The van der Waals surface area contributed by atoms with Crippen molar-refractivity contribution in [2.75, 3.05) is 31.1 Å². The van der Waals surface area contributed by atoms with Gasteiger partial charge in [-0.15, -0.1) is 10.2 Å². The van der Waals surface area contributed by atoms with Gasteiger partial charge < -0.3 is 4.90 Å². The van der Waals surface area contributed by atoms with Crippen molar-refractivity contribution >= 4 is 21.4 Å². The zero-order valence-electron chi connectivity index (χ0n) is 15.1. The molecular weight excluding hydrogens is 383 g/mol. The summed E-state index contributed by atoms with van der Waals surface area (Å²) in [7, 11) is -3.62. The van der Waals surface area contributed by atoms with Gasteiger partial charge in [0, 0.05) is 38.2 Å². The molecule has 0 radical (unpaired) electrons. The third-order valence-electron chi connectivity index (χ3n) is 5.27. The van der Waals surface area contributed by atoms with Gasteiger partial charge in [-0.3, -0.25) is 0 Å². The van der Waals surface area contributed by atoms with Crippen molar-refractivity contribution in [3.05, 3.63) is 48.2 Å². The van der Waals surface area contributed by atoms with Gasteiger partial charge in [-0.25, -0.2) is 12.8 Å². The second-order valence-electron chi connectivity index (χ2n) is 7.16. The first-order chi connectivity index (χ1) is 13.5. The van der Waals surface area contributed by atoms with E-state index >= 15 is 0 Å². The van der Waals surface area contributed by atoms with Crippen molar-refractivity contribution in [3.8, 4) is 0 Å². The van der Waals surface area contributed by atoms with Crippen LogP contribution < -0.4 is 4.90 Å². The van der Waals surface area contributed by atoms with E-state index < -0.39 is 15.8 Å². The molecule has 2 aromatic heterocycles. The average Bonchev–Trinajstić information content (AvgIpc) is 3.47. The number of fused-ring (bicyclic) bond motifs is 1. The van der Waals surface area contributed by atoms with Gasteiger partial charge in [0.1, 0.15) is 5.82 Å². The summed E-state index contributed by atoms with van der Waals surface area (Å²) in [5, 5.41) is 13.0. The second kappa shape index (κ2) is 6.49. The largest absolute Gasteiger partial charge is 0.367 e. The minimum absolute atomic E-state index is 0.113. The number of nitrogens with zero attached hydrogens (tertiary/aromatic N) is 6. The van der Waals surface area contributed by atoms with Crippen LogP contribution in [0.25, 0.3) is 5.65 Å². The standard InChI is InChI=1S/C18H19FN6O2S/c19-14-3-5-16(6-4-14)28(26,27)24-9-7-23(8-10-24)15-11-17-21-22-18(13-1-2-13)25(17)20-12-15/h3-6,11-13H,1-2,7-10H2. The van der Waals surface area contributed by atoms with Crippen LogP contribution in [0.1, 0.15) is 24.6 Å². The topological polar surface area (TPSA) is 83.7 Å². The zero-order valence-corrected chi connectivity index (χ0v) is 15.9. The monoisotopic (exact) mass is 402 g/mol. The zero-order chi connectivity index (χ0) is 19.3. The predicted octanol–water partition coefficient (Wildman–Crippen LogP) is 1.65. The summed E-state index contributed by atoms with van der Waals surface area (Å²) in [5.41, 5.74) is 1.61. The Hall–Kier alpha value is -2.59. The lowest BCUT2D eigenvalue weighted by Gasteiger charge is -2.35. The van der Waals surface area contributed by atoms with E-state index in [1.165, 1.54) is 28.6 Å². The molecule has 3 heterocycles. The highest BCUT2D eigenvalue weighted by Crippen LogP contribution is 2.38. The lowest BCUT2D eigenvalue weighted by molar-refractivity contribution is 0.384. The van der Waals surface area contributed by atoms with E-state index in [4.69, 9.17) is 0 Å². The molecule has 3 aromatic rings. The summed E-state index contributed by atoms with van der Waals surface area (Å²) < 4.78 is 41.8. The van der Waals surface area contributed by atoms with Gasteiger partial charge in [0.15, 0.2) is 11.5 Å². The Kier molecular flexibility index (Phi) is 4.06. The molecule has 146 valence electrons. The lowest BCUT2D eigenvalue weighted by atomic mass is 10.3. The summed E-state index contributed by atoms with van der Waals surface area (Å²) in [6, 6.07) is 6.88. The molecule has 1 aliphatic heterocycles. The molecular formula is C18H19FN6O2S. The van der Waals surface area contributed by atoms with Crippen molar-refractivity contribution in [1.29, 1.82) is 0 Å². The minimum Gasteiger partial charge on any atom is -0.367 e. The van der Waals surface area contributed by atoms with Gasteiger partial charge in [-0.05, 0) is 37.1 Å². The van der Waals surface area contributed by atoms with Crippen LogP contribution in [0.2, 0.25) is 0 Å². The molecule has 5 rings (SSSR count). The van der Waals surface area contributed by atoms with Crippen molar-refractivity contribution in [2.24, 2.45) is 0 Å². The van der Waals surface area contributed by atoms with Gasteiger partial charge >= 0.3 is 0 Å². The van der Waals surface area contributed by atoms with Crippen LogP contribution in [0.15, 0.2) is 41.4 Å².